The van der Waals surface area contributed by atoms with Crippen LogP contribution >= 0.6 is 0 Å². The Bertz CT molecular complexity index is 876. The Morgan fingerprint density at radius 3 is 3.11 bits per heavy atom. The summed E-state index contributed by atoms with van der Waals surface area (Å²) in [6.45, 7) is 3.34. The number of H-pyrrole nitrogens is 1. The van der Waals surface area contributed by atoms with Gasteiger partial charge < -0.3 is 20.5 Å². The minimum Gasteiger partial charge on any atom is -0.361 e. The molecule has 1 atom stereocenters. The van der Waals surface area contributed by atoms with Gasteiger partial charge >= 0.3 is 0 Å². The number of benzene rings is 1. The molecule has 2 aliphatic heterocycles. The normalized spacial score (nSPS) is 23.3. The molecular formula is C20H26FN5O. The molecule has 1 amide bonds. The highest BCUT2D eigenvalue weighted by Gasteiger charge is 2.42. The first-order valence-electron chi connectivity index (χ1n) is 9.56. The number of amides is 1. The Balaban J connectivity index is 1.37. The van der Waals surface area contributed by atoms with Crippen LogP contribution in [0.1, 0.15) is 24.8 Å². The second kappa shape index (κ2) is 7.21. The van der Waals surface area contributed by atoms with Gasteiger partial charge in [-0.3, -0.25) is 9.79 Å². The third-order valence-corrected chi connectivity index (χ3v) is 5.78. The summed E-state index contributed by atoms with van der Waals surface area (Å²) in [5, 5.41) is 7.49. The second-order valence-electron chi connectivity index (χ2n) is 7.71. The Hall–Kier alpha value is -2.57. The van der Waals surface area contributed by atoms with E-state index >= 15 is 0 Å². The molecule has 2 aliphatic rings. The molecule has 3 heterocycles. The molecule has 0 saturated carbocycles. The van der Waals surface area contributed by atoms with Crippen molar-refractivity contribution in [1.82, 2.24) is 20.5 Å². The van der Waals surface area contributed by atoms with Gasteiger partial charge in [0.25, 0.3) is 0 Å². The molecule has 0 bridgehead atoms. The molecule has 1 aromatic carbocycles. The number of aliphatic imine (C=N–C) groups is 1. The first kappa shape index (κ1) is 17.8. The number of fused-ring (bicyclic) bond motifs is 1. The lowest BCUT2D eigenvalue weighted by Crippen LogP contribution is -2.51. The van der Waals surface area contributed by atoms with Crippen molar-refractivity contribution in [2.45, 2.75) is 25.7 Å². The van der Waals surface area contributed by atoms with E-state index in [1.807, 2.05) is 12.3 Å². The van der Waals surface area contributed by atoms with Crippen LogP contribution in [0, 0.1) is 11.2 Å². The number of guanidine groups is 1. The van der Waals surface area contributed by atoms with Gasteiger partial charge in [-0.05, 0) is 43.0 Å². The second-order valence-corrected chi connectivity index (χ2v) is 7.71. The summed E-state index contributed by atoms with van der Waals surface area (Å²) in [5.41, 5.74) is 2.04. The molecule has 27 heavy (non-hydrogen) atoms. The minimum atomic E-state index is -0.228. The van der Waals surface area contributed by atoms with Crippen molar-refractivity contribution in [3.8, 4) is 0 Å². The number of hydrogen-bond donors (Lipinski definition) is 3. The van der Waals surface area contributed by atoms with Crippen LogP contribution in [0.5, 0.6) is 0 Å². The van der Waals surface area contributed by atoms with Crippen LogP contribution < -0.4 is 10.6 Å². The van der Waals surface area contributed by atoms with Gasteiger partial charge in [-0.2, -0.15) is 0 Å². The highest BCUT2D eigenvalue weighted by molar-refractivity contribution is 5.84. The zero-order chi connectivity index (χ0) is 18.9. The summed E-state index contributed by atoms with van der Waals surface area (Å²) in [7, 11) is 1.80. The number of rotatable bonds is 3. The zero-order valence-electron chi connectivity index (χ0n) is 15.6. The zero-order valence-corrected chi connectivity index (χ0v) is 15.6. The number of carbonyl (C=O) groups is 1. The van der Waals surface area contributed by atoms with Crippen LogP contribution in [0.3, 0.4) is 0 Å². The average Bonchev–Trinajstić information content (AvgIpc) is 3.22. The van der Waals surface area contributed by atoms with Crippen molar-refractivity contribution in [2.75, 3.05) is 33.2 Å². The van der Waals surface area contributed by atoms with E-state index in [4.69, 9.17) is 0 Å². The summed E-state index contributed by atoms with van der Waals surface area (Å²) < 4.78 is 13.3. The van der Waals surface area contributed by atoms with E-state index in [0.29, 0.717) is 6.42 Å². The van der Waals surface area contributed by atoms with Gasteiger partial charge in [-0.15, -0.1) is 0 Å². The van der Waals surface area contributed by atoms with Crippen LogP contribution in [0.2, 0.25) is 0 Å². The van der Waals surface area contributed by atoms with E-state index in [-0.39, 0.29) is 17.1 Å². The molecule has 4 rings (SSSR count). The maximum atomic E-state index is 13.3. The molecule has 1 unspecified atom stereocenters. The molecule has 2 aromatic rings. The molecule has 6 nitrogen and oxygen atoms in total. The standard InChI is InChI=1S/C20H26FN5O/c1-22-19(26-8-2-6-20(13-26)10-18(27)25-12-20)23-7-5-14-11-24-17-9-15(21)3-4-16(14)17/h3-4,9,11,24H,2,5-8,10,12-13H2,1H3,(H,22,23)(H,25,27). The predicted molar refractivity (Wildman–Crippen MR) is 104 cm³/mol. The largest absolute Gasteiger partial charge is 0.361 e. The monoisotopic (exact) mass is 371 g/mol. The number of aromatic amines is 1. The summed E-state index contributed by atoms with van der Waals surface area (Å²) in [6, 6.07) is 4.84. The fraction of sp³-hybridized carbons (Fsp3) is 0.500. The molecular weight excluding hydrogens is 345 g/mol. The Labute approximate surface area is 158 Å². The maximum absolute atomic E-state index is 13.3. The summed E-state index contributed by atoms with van der Waals surface area (Å²) in [5.74, 6) is 0.822. The number of piperidine rings is 1. The number of likely N-dealkylation sites (tertiary alicyclic amines) is 1. The fourth-order valence-corrected chi connectivity index (χ4v) is 4.44. The SMILES string of the molecule is CN=C(NCCc1c[nH]c2cc(F)ccc12)N1CCCC2(CNC(=O)C2)C1. The first-order valence-corrected chi connectivity index (χ1v) is 9.56. The predicted octanol–water partition coefficient (Wildman–Crippen LogP) is 2.03. The molecule has 7 heteroatoms. The molecule has 3 N–H and O–H groups in total. The summed E-state index contributed by atoms with van der Waals surface area (Å²) >= 11 is 0. The minimum absolute atomic E-state index is 0.0495. The smallest absolute Gasteiger partial charge is 0.220 e. The van der Waals surface area contributed by atoms with Crippen molar-refractivity contribution in [1.29, 1.82) is 0 Å². The molecule has 1 spiro atoms. The molecule has 1 aromatic heterocycles. The van der Waals surface area contributed by atoms with Gasteiger partial charge in [0.05, 0.1) is 0 Å². The van der Waals surface area contributed by atoms with Crippen molar-refractivity contribution >= 4 is 22.8 Å². The number of nitrogens with zero attached hydrogens (tertiary/aromatic N) is 2. The van der Waals surface area contributed by atoms with Crippen molar-refractivity contribution < 1.29 is 9.18 Å². The van der Waals surface area contributed by atoms with E-state index < -0.39 is 0 Å². The molecule has 2 saturated heterocycles. The number of halogens is 1. The lowest BCUT2D eigenvalue weighted by atomic mass is 9.79. The Morgan fingerprint density at radius 1 is 1.44 bits per heavy atom. The average molecular weight is 371 g/mol. The maximum Gasteiger partial charge on any atom is 0.220 e. The summed E-state index contributed by atoms with van der Waals surface area (Å²) in [6.07, 6.45) is 5.55. The van der Waals surface area contributed by atoms with Gasteiger partial charge in [-0.25, -0.2) is 4.39 Å². The molecule has 144 valence electrons. The van der Waals surface area contributed by atoms with Gasteiger partial charge in [0.1, 0.15) is 5.82 Å². The van der Waals surface area contributed by atoms with Crippen molar-refractivity contribution in [3.63, 3.8) is 0 Å². The van der Waals surface area contributed by atoms with Crippen LogP contribution in [-0.2, 0) is 11.2 Å². The van der Waals surface area contributed by atoms with E-state index in [2.05, 4.69) is 25.5 Å². The van der Waals surface area contributed by atoms with E-state index in [1.165, 1.54) is 12.1 Å². The molecule has 0 aliphatic carbocycles. The van der Waals surface area contributed by atoms with E-state index in [0.717, 1.165) is 67.9 Å². The number of hydrogen-bond acceptors (Lipinski definition) is 2. The fourth-order valence-electron chi connectivity index (χ4n) is 4.44. The van der Waals surface area contributed by atoms with Gasteiger partial charge in [-0.1, -0.05) is 0 Å². The van der Waals surface area contributed by atoms with Gasteiger partial charge in [0.15, 0.2) is 5.96 Å². The highest BCUT2D eigenvalue weighted by Crippen LogP contribution is 2.36. The van der Waals surface area contributed by atoms with Crippen molar-refractivity contribution in [2.24, 2.45) is 10.4 Å². The third-order valence-electron chi connectivity index (χ3n) is 5.78. The third kappa shape index (κ3) is 3.63. The van der Waals surface area contributed by atoms with Crippen LogP contribution in [0.4, 0.5) is 4.39 Å². The highest BCUT2D eigenvalue weighted by atomic mass is 19.1. The van der Waals surface area contributed by atoms with Crippen LogP contribution in [-0.4, -0.2) is 55.0 Å². The molecule has 2 fully saturated rings. The molecule has 0 radical (unpaired) electrons. The van der Waals surface area contributed by atoms with Gasteiger partial charge in [0, 0.05) is 62.2 Å². The van der Waals surface area contributed by atoms with Crippen LogP contribution in [0.25, 0.3) is 10.9 Å². The lowest BCUT2D eigenvalue weighted by molar-refractivity contribution is -0.119. The topological polar surface area (TPSA) is 72.5 Å². The Kier molecular flexibility index (Phi) is 4.76. The number of nitrogens with one attached hydrogen (secondary N) is 3. The van der Waals surface area contributed by atoms with Crippen molar-refractivity contribution in [3.05, 3.63) is 35.8 Å². The quantitative estimate of drug-likeness (QED) is 0.571. The number of aromatic nitrogens is 1. The van der Waals surface area contributed by atoms with E-state index in [1.54, 1.807) is 7.05 Å². The number of carbonyl (C=O) groups excluding carboxylic acids is 1. The first-order chi connectivity index (χ1) is 13.1. The summed E-state index contributed by atoms with van der Waals surface area (Å²) in [4.78, 5) is 21.5. The lowest BCUT2D eigenvalue weighted by Gasteiger charge is -2.40. The van der Waals surface area contributed by atoms with Gasteiger partial charge in [0.2, 0.25) is 5.91 Å². The van der Waals surface area contributed by atoms with Crippen LogP contribution in [0.15, 0.2) is 29.4 Å². The Morgan fingerprint density at radius 2 is 2.33 bits per heavy atom. The van der Waals surface area contributed by atoms with E-state index in [9.17, 15) is 9.18 Å².